The summed E-state index contributed by atoms with van der Waals surface area (Å²) in [6, 6.07) is -3.52. The first-order valence-electron chi connectivity index (χ1n) is 4.48. The number of hydrogen-bond donors (Lipinski definition) is 6. The molecule has 1 atom stereocenters. The van der Waals surface area contributed by atoms with Crippen molar-refractivity contribution >= 4 is 23.8 Å². The van der Waals surface area contributed by atoms with Gasteiger partial charge in [-0.2, -0.15) is 0 Å². The van der Waals surface area contributed by atoms with E-state index < -0.39 is 35.9 Å². The smallest absolute Gasteiger partial charge is 0.332 e. The summed E-state index contributed by atoms with van der Waals surface area (Å²) in [4.78, 5) is 42.2. The van der Waals surface area contributed by atoms with Crippen LogP contribution in [0.4, 0.5) is 0 Å². The molecular formula is C8H15N3O7. The molecule has 0 fully saturated rings. The van der Waals surface area contributed by atoms with E-state index in [0.717, 1.165) is 0 Å². The predicted octanol–water partition coefficient (Wildman–Crippen LogP) is -2.01. The molecule has 0 rings (SSSR count). The number of carbonyl (C=O) groups is 4. The molecule has 0 aliphatic rings. The van der Waals surface area contributed by atoms with Gasteiger partial charge in [0.05, 0.1) is 0 Å². The van der Waals surface area contributed by atoms with Crippen molar-refractivity contribution in [2.45, 2.75) is 24.9 Å². The molecule has 0 heterocycles. The Morgan fingerprint density at radius 3 is 1.72 bits per heavy atom. The van der Waals surface area contributed by atoms with E-state index in [0.29, 0.717) is 0 Å². The average molecular weight is 265 g/mol. The van der Waals surface area contributed by atoms with Crippen molar-refractivity contribution in [3.63, 3.8) is 0 Å². The summed E-state index contributed by atoms with van der Waals surface area (Å²) in [5, 5.41) is 27.6. The van der Waals surface area contributed by atoms with Gasteiger partial charge in [0.2, 0.25) is 11.9 Å². The van der Waals surface area contributed by atoms with Gasteiger partial charge in [0, 0.05) is 6.42 Å². The summed E-state index contributed by atoms with van der Waals surface area (Å²) in [6.45, 7) is 0. The normalized spacial score (nSPS) is 11.4. The van der Waals surface area contributed by atoms with Gasteiger partial charge >= 0.3 is 17.9 Å². The standard InChI is InChI=1S/C8H12N2O7.H3N/c9-4(11)2-1-3(6(12)13)10-5(7(14)15)8(16)17;/h3,5,10H,1-2H2,(H2,9,11)(H,12,13)(H,14,15)(H,16,17);1H3/t3-;/m0./s1. The maximum absolute atomic E-state index is 10.7. The highest BCUT2D eigenvalue weighted by atomic mass is 16.4. The topological polar surface area (TPSA) is 202 Å². The number of nitrogens with one attached hydrogen (secondary N) is 1. The van der Waals surface area contributed by atoms with Crippen LogP contribution < -0.4 is 17.2 Å². The summed E-state index contributed by atoms with van der Waals surface area (Å²) >= 11 is 0. The van der Waals surface area contributed by atoms with Crippen LogP contribution in [-0.4, -0.2) is 51.2 Å². The van der Waals surface area contributed by atoms with Crippen LogP contribution in [0.1, 0.15) is 12.8 Å². The quantitative estimate of drug-likeness (QED) is 0.268. The number of hydrogen-bond acceptors (Lipinski definition) is 6. The van der Waals surface area contributed by atoms with Crippen LogP contribution in [-0.2, 0) is 19.2 Å². The van der Waals surface area contributed by atoms with Gasteiger partial charge in [-0.05, 0) is 6.42 Å². The fourth-order valence-corrected chi connectivity index (χ4v) is 1.01. The lowest BCUT2D eigenvalue weighted by atomic mass is 10.1. The Balaban J connectivity index is 0. The van der Waals surface area contributed by atoms with Crippen LogP contribution in [0.5, 0.6) is 0 Å². The average Bonchev–Trinajstić information content (AvgIpc) is 2.15. The monoisotopic (exact) mass is 265 g/mol. The van der Waals surface area contributed by atoms with Gasteiger partial charge in [-0.15, -0.1) is 0 Å². The second-order valence-electron chi connectivity index (χ2n) is 3.17. The van der Waals surface area contributed by atoms with E-state index in [-0.39, 0.29) is 19.0 Å². The largest absolute Gasteiger partial charge is 0.480 e. The van der Waals surface area contributed by atoms with E-state index in [9.17, 15) is 19.2 Å². The highest BCUT2D eigenvalue weighted by molar-refractivity contribution is 5.97. The molecule has 10 nitrogen and oxygen atoms in total. The van der Waals surface area contributed by atoms with Crippen LogP contribution >= 0.6 is 0 Å². The van der Waals surface area contributed by atoms with Gasteiger partial charge in [0.25, 0.3) is 0 Å². The predicted molar refractivity (Wildman–Crippen MR) is 57.1 cm³/mol. The molecule has 18 heavy (non-hydrogen) atoms. The lowest BCUT2D eigenvalue weighted by molar-refractivity contribution is -0.152. The molecule has 0 saturated carbocycles. The lowest BCUT2D eigenvalue weighted by Crippen LogP contribution is -2.51. The van der Waals surface area contributed by atoms with E-state index in [1.54, 1.807) is 0 Å². The minimum absolute atomic E-state index is 0. The summed E-state index contributed by atoms with van der Waals surface area (Å²) in [6.07, 6.45) is -0.586. The second-order valence-corrected chi connectivity index (χ2v) is 3.17. The highest BCUT2D eigenvalue weighted by Crippen LogP contribution is 2.00. The van der Waals surface area contributed by atoms with Gasteiger partial charge in [-0.25, -0.2) is 9.59 Å². The number of carboxylic acids is 3. The van der Waals surface area contributed by atoms with Gasteiger partial charge in [0.1, 0.15) is 6.04 Å². The number of nitrogens with two attached hydrogens (primary N) is 1. The third kappa shape index (κ3) is 6.40. The molecule has 104 valence electrons. The van der Waals surface area contributed by atoms with Crippen molar-refractivity contribution in [2.24, 2.45) is 5.73 Å². The number of carbonyl (C=O) groups excluding carboxylic acids is 1. The van der Waals surface area contributed by atoms with Crippen LogP contribution in [0.2, 0.25) is 0 Å². The van der Waals surface area contributed by atoms with E-state index in [1.807, 2.05) is 5.32 Å². The summed E-state index contributed by atoms with van der Waals surface area (Å²) in [5.41, 5.74) is 4.80. The number of amides is 1. The Labute approximate surface area is 101 Å². The maximum Gasteiger partial charge on any atom is 0.332 e. The number of rotatable bonds is 8. The van der Waals surface area contributed by atoms with E-state index in [4.69, 9.17) is 21.1 Å². The van der Waals surface area contributed by atoms with Gasteiger partial charge in [0.15, 0.2) is 0 Å². The lowest BCUT2D eigenvalue weighted by Gasteiger charge is -2.16. The first-order valence-corrected chi connectivity index (χ1v) is 4.48. The van der Waals surface area contributed by atoms with Crippen molar-refractivity contribution in [3.8, 4) is 0 Å². The van der Waals surface area contributed by atoms with Gasteiger partial charge in [-0.1, -0.05) is 0 Å². The Kier molecular flexibility index (Phi) is 8.05. The summed E-state index contributed by atoms with van der Waals surface area (Å²) < 4.78 is 0. The zero-order valence-corrected chi connectivity index (χ0v) is 9.33. The Bertz CT molecular complexity index is 330. The minimum Gasteiger partial charge on any atom is -0.480 e. The molecule has 0 spiro atoms. The van der Waals surface area contributed by atoms with Crippen molar-refractivity contribution in [1.82, 2.24) is 11.5 Å². The molecule has 0 unspecified atom stereocenters. The first kappa shape index (κ1) is 18.2. The molecule has 0 aromatic rings. The van der Waals surface area contributed by atoms with E-state index in [2.05, 4.69) is 0 Å². The van der Waals surface area contributed by atoms with Crippen LogP contribution in [0.3, 0.4) is 0 Å². The number of primary amides is 1. The highest BCUT2D eigenvalue weighted by Gasteiger charge is 2.31. The van der Waals surface area contributed by atoms with Crippen molar-refractivity contribution in [2.75, 3.05) is 0 Å². The molecule has 9 N–H and O–H groups in total. The minimum atomic E-state index is -2.05. The molecule has 0 aromatic heterocycles. The molecule has 0 radical (unpaired) electrons. The number of aliphatic carboxylic acids is 3. The summed E-state index contributed by atoms with van der Waals surface area (Å²) in [5.74, 6) is -5.66. The molecule has 0 bridgehead atoms. The SMILES string of the molecule is N.NC(=O)CC[C@H](NC(C(=O)O)C(=O)O)C(=O)O. The zero-order chi connectivity index (χ0) is 13.6. The van der Waals surface area contributed by atoms with Gasteiger partial charge < -0.3 is 27.2 Å². The fraction of sp³-hybridized carbons (Fsp3) is 0.500. The molecule has 1 amide bonds. The molecule has 0 saturated heterocycles. The Morgan fingerprint density at radius 1 is 1.00 bits per heavy atom. The van der Waals surface area contributed by atoms with Crippen LogP contribution in [0.25, 0.3) is 0 Å². The third-order valence-electron chi connectivity index (χ3n) is 1.84. The molecule has 0 aliphatic heterocycles. The van der Waals surface area contributed by atoms with Crippen LogP contribution in [0, 0.1) is 0 Å². The van der Waals surface area contributed by atoms with Crippen molar-refractivity contribution < 1.29 is 34.5 Å². The molecular weight excluding hydrogens is 250 g/mol. The summed E-state index contributed by atoms with van der Waals surface area (Å²) in [7, 11) is 0. The Morgan fingerprint density at radius 2 is 1.44 bits per heavy atom. The van der Waals surface area contributed by atoms with E-state index in [1.165, 1.54) is 0 Å². The maximum atomic E-state index is 10.7. The van der Waals surface area contributed by atoms with Crippen molar-refractivity contribution in [1.29, 1.82) is 0 Å². The van der Waals surface area contributed by atoms with Gasteiger partial charge in [-0.3, -0.25) is 14.9 Å². The number of carboxylic acid groups (broad SMARTS) is 3. The zero-order valence-electron chi connectivity index (χ0n) is 9.33. The molecule has 0 aliphatic carbocycles. The van der Waals surface area contributed by atoms with Crippen molar-refractivity contribution in [3.05, 3.63) is 0 Å². The van der Waals surface area contributed by atoms with E-state index >= 15 is 0 Å². The third-order valence-corrected chi connectivity index (χ3v) is 1.84. The Hall–Kier alpha value is -2.20. The first-order chi connectivity index (χ1) is 7.75. The second kappa shape index (κ2) is 7.97. The molecule has 10 heteroatoms. The van der Waals surface area contributed by atoms with Crippen LogP contribution in [0.15, 0.2) is 0 Å². The fourth-order valence-electron chi connectivity index (χ4n) is 1.01. The molecule has 0 aromatic carbocycles.